The zero-order chi connectivity index (χ0) is 16.9. The number of piperazine rings is 1. The molecule has 0 amide bonds. The Morgan fingerprint density at radius 2 is 2.00 bits per heavy atom. The standard InChI is InChI=1S/C18H19FN4O/c19-16-3-1-2-15(11-16)17(24)13-22-6-8-23(9-7-22)18-10-14(12-20)4-5-21-18/h1-5,10-11,17,24H,6-9,13H2/t17-/m0/s1. The molecule has 0 aliphatic carbocycles. The summed E-state index contributed by atoms with van der Waals surface area (Å²) in [7, 11) is 0. The first kappa shape index (κ1) is 16.4. The summed E-state index contributed by atoms with van der Waals surface area (Å²) in [4.78, 5) is 8.60. The highest BCUT2D eigenvalue weighted by atomic mass is 19.1. The smallest absolute Gasteiger partial charge is 0.129 e. The van der Waals surface area contributed by atoms with Crippen LogP contribution in [0.25, 0.3) is 0 Å². The van der Waals surface area contributed by atoms with Crippen molar-refractivity contribution < 1.29 is 9.50 Å². The quantitative estimate of drug-likeness (QED) is 0.930. The highest BCUT2D eigenvalue weighted by Crippen LogP contribution is 2.18. The van der Waals surface area contributed by atoms with Crippen LogP contribution in [0.5, 0.6) is 0 Å². The molecule has 124 valence electrons. The van der Waals surface area contributed by atoms with Crippen LogP contribution in [0.15, 0.2) is 42.6 Å². The zero-order valence-corrected chi connectivity index (χ0v) is 13.3. The summed E-state index contributed by atoms with van der Waals surface area (Å²) in [6.07, 6.45) is 0.945. The number of rotatable bonds is 4. The van der Waals surface area contributed by atoms with Crippen molar-refractivity contribution in [1.82, 2.24) is 9.88 Å². The van der Waals surface area contributed by atoms with Crippen LogP contribution in [-0.2, 0) is 0 Å². The molecule has 1 fully saturated rings. The maximum absolute atomic E-state index is 13.2. The van der Waals surface area contributed by atoms with E-state index in [0.717, 1.165) is 32.0 Å². The molecule has 2 aromatic rings. The monoisotopic (exact) mass is 326 g/mol. The summed E-state index contributed by atoms with van der Waals surface area (Å²) in [5.74, 6) is 0.471. The van der Waals surface area contributed by atoms with Crippen LogP contribution < -0.4 is 4.90 Å². The summed E-state index contributed by atoms with van der Waals surface area (Å²) in [6.45, 7) is 3.59. The number of β-amino-alcohol motifs (C(OH)–C–C–N with tert-alkyl or cyclic N) is 1. The third-order valence-corrected chi connectivity index (χ3v) is 4.24. The Bertz CT molecular complexity index is 738. The SMILES string of the molecule is N#Cc1ccnc(N2CCN(C[C@H](O)c3cccc(F)c3)CC2)c1. The summed E-state index contributed by atoms with van der Waals surface area (Å²) in [5, 5.41) is 19.2. The molecule has 0 radical (unpaired) electrons. The van der Waals surface area contributed by atoms with Crippen molar-refractivity contribution in [3.05, 3.63) is 59.5 Å². The number of anilines is 1. The predicted octanol–water partition coefficient (Wildman–Crippen LogP) is 1.95. The minimum absolute atomic E-state index is 0.334. The Kier molecular flexibility index (Phi) is 5.04. The Hall–Kier alpha value is -2.49. The summed E-state index contributed by atoms with van der Waals surface area (Å²) in [5.41, 5.74) is 1.20. The van der Waals surface area contributed by atoms with Crippen LogP contribution in [-0.4, -0.2) is 47.7 Å². The van der Waals surface area contributed by atoms with E-state index in [4.69, 9.17) is 5.26 Å². The molecule has 0 saturated carbocycles. The van der Waals surface area contributed by atoms with Crippen LogP contribution in [0.3, 0.4) is 0 Å². The van der Waals surface area contributed by atoms with Crippen molar-refractivity contribution in [2.24, 2.45) is 0 Å². The molecular formula is C18H19FN4O. The number of aliphatic hydroxyl groups excluding tert-OH is 1. The lowest BCUT2D eigenvalue weighted by atomic mass is 10.1. The van der Waals surface area contributed by atoms with Gasteiger partial charge in [-0.15, -0.1) is 0 Å². The number of hydrogen-bond acceptors (Lipinski definition) is 5. The van der Waals surface area contributed by atoms with Crippen molar-refractivity contribution in [2.45, 2.75) is 6.10 Å². The Balaban J connectivity index is 1.56. The molecular weight excluding hydrogens is 307 g/mol. The van der Waals surface area contributed by atoms with Gasteiger partial charge in [0.15, 0.2) is 0 Å². The number of aromatic nitrogens is 1. The molecule has 0 spiro atoms. The highest BCUT2D eigenvalue weighted by Gasteiger charge is 2.21. The van der Waals surface area contributed by atoms with Gasteiger partial charge in [0, 0.05) is 38.9 Å². The van der Waals surface area contributed by atoms with Gasteiger partial charge in [0.2, 0.25) is 0 Å². The van der Waals surface area contributed by atoms with Gasteiger partial charge in [-0.25, -0.2) is 9.37 Å². The number of pyridine rings is 1. The van der Waals surface area contributed by atoms with Gasteiger partial charge < -0.3 is 10.0 Å². The van der Waals surface area contributed by atoms with E-state index in [-0.39, 0.29) is 5.82 Å². The van der Waals surface area contributed by atoms with Crippen molar-refractivity contribution in [3.8, 4) is 6.07 Å². The fourth-order valence-electron chi connectivity index (χ4n) is 2.88. The van der Waals surface area contributed by atoms with Gasteiger partial charge >= 0.3 is 0 Å². The summed E-state index contributed by atoms with van der Waals surface area (Å²) < 4.78 is 13.2. The first-order chi connectivity index (χ1) is 11.7. The molecule has 3 rings (SSSR count). The Morgan fingerprint density at radius 3 is 2.71 bits per heavy atom. The average Bonchev–Trinajstić information content (AvgIpc) is 2.62. The molecule has 1 N–H and O–H groups in total. The molecule has 1 aromatic heterocycles. The largest absolute Gasteiger partial charge is 0.387 e. The van der Waals surface area contributed by atoms with Gasteiger partial charge in [-0.3, -0.25) is 4.90 Å². The Morgan fingerprint density at radius 1 is 1.21 bits per heavy atom. The van der Waals surface area contributed by atoms with Crippen LogP contribution in [0.2, 0.25) is 0 Å². The van der Waals surface area contributed by atoms with E-state index in [1.165, 1.54) is 12.1 Å². The molecule has 0 unspecified atom stereocenters. The maximum Gasteiger partial charge on any atom is 0.129 e. The second-order valence-electron chi connectivity index (χ2n) is 5.87. The number of aliphatic hydroxyl groups is 1. The van der Waals surface area contributed by atoms with E-state index in [9.17, 15) is 9.50 Å². The van der Waals surface area contributed by atoms with Crippen molar-refractivity contribution >= 4 is 5.82 Å². The average molecular weight is 326 g/mol. The molecule has 2 heterocycles. The van der Waals surface area contributed by atoms with Crippen molar-refractivity contribution in [3.63, 3.8) is 0 Å². The maximum atomic E-state index is 13.2. The van der Waals surface area contributed by atoms with Gasteiger partial charge in [0.1, 0.15) is 11.6 Å². The number of halogens is 1. The minimum atomic E-state index is -0.702. The van der Waals surface area contributed by atoms with E-state index in [1.807, 2.05) is 0 Å². The lowest BCUT2D eigenvalue weighted by Gasteiger charge is -2.36. The van der Waals surface area contributed by atoms with Crippen LogP contribution >= 0.6 is 0 Å². The molecule has 0 bridgehead atoms. The Labute approximate surface area is 140 Å². The van der Waals surface area contributed by atoms with Gasteiger partial charge in [-0.05, 0) is 29.8 Å². The van der Waals surface area contributed by atoms with E-state index in [2.05, 4.69) is 20.9 Å². The topological polar surface area (TPSA) is 63.4 Å². The fraction of sp³-hybridized carbons (Fsp3) is 0.333. The molecule has 1 saturated heterocycles. The van der Waals surface area contributed by atoms with Gasteiger partial charge in [0.25, 0.3) is 0 Å². The highest BCUT2D eigenvalue weighted by molar-refractivity contribution is 5.45. The lowest BCUT2D eigenvalue weighted by molar-refractivity contribution is 0.109. The molecule has 5 nitrogen and oxygen atoms in total. The predicted molar refractivity (Wildman–Crippen MR) is 89.0 cm³/mol. The number of nitriles is 1. The van der Waals surface area contributed by atoms with Crippen molar-refractivity contribution in [2.75, 3.05) is 37.6 Å². The summed E-state index contributed by atoms with van der Waals surface area (Å²) >= 11 is 0. The second kappa shape index (κ2) is 7.39. The second-order valence-corrected chi connectivity index (χ2v) is 5.87. The molecule has 1 aliphatic rings. The minimum Gasteiger partial charge on any atom is -0.387 e. The zero-order valence-electron chi connectivity index (χ0n) is 13.3. The first-order valence-electron chi connectivity index (χ1n) is 7.92. The summed E-state index contributed by atoms with van der Waals surface area (Å²) in [6, 6.07) is 11.7. The number of nitrogens with zero attached hydrogens (tertiary/aromatic N) is 4. The van der Waals surface area contributed by atoms with Crippen LogP contribution in [0.1, 0.15) is 17.2 Å². The van der Waals surface area contributed by atoms with Crippen LogP contribution in [0, 0.1) is 17.1 Å². The normalized spacial score (nSPS) is 16.6. The molecule has 1 aliphatic heterocycles. The third-order valence-electron chi connectivity index (χ3n) is 4.24. The number of benzene rings is 1. The van der Waals surface area contributed by atoms with E-state index in [0.29, 0.717) is 17.7 Å². The van der Waals surface area contributed by atoms with Gasteiger partial charge in [0.05, 0.1) is 17.7 Å². The first-order valence-corrected chi connectivity index (χ1v) is 7.92. The number of hydrogen-bond donors (Lipinski definition) is 1. The van der Waals surface area contributed by atoms with E-state index in [1.54, 1.807) is 30.5 Å². The van der Waals surface area contributed by atoms with E-state index >= 15 is 0 Å². The molecule has 24 heavy (non-hydrogen) atoms. The molecule has 6 heteroatoms. The van der Waals surface area contributed by atoms with E-state index < -0.39 is 6.10 Å². The van der Waals surface area contributed by atoms with Gasteiger partial charge in [-0.2, -0.15) is 5.26 Å². The van der Waals surface area contributed by atoms with Gasteiger partial charge in [-0.1, -0.05) is 12.1 Å². The molecule has 1 aromatic carbocycles. The lowest BCUT2D eigenvalue weighted by Crippen LogP contribution is -2.47. The fourth-order valence-corrected chi connectivity index (χ4v) is 2.88. The molecule has 1 atom stereocenters. The van der Waals surface area contributed by atoms with Crippen molar-refractivity contribution in [1.29, 1.82) is 5.26 Å². The van der Waals surface area contributed by atoms with Crippen LogP contribution in [0.4, 0.5) is 10.2 Å². The third kappa shape index (κ3) is 3.88.